The number of rotatable bonds is 4. The van der Waals surface area contributed by atoms with Gasteiger partial charge >= 0.3 is 11.1 Å². The zero-order valence-corrected chi connectivity index (χ0v) is 14.3. The molecule has 4 N–H and O–H groups in total. The molecule has 1 atom stereocenters. The smallest absolute Gasteiger partial charge is 0.314 e. The van der Waals surface area contributed by atoms with Crippen molar-refractivity contribution in [1.82, 2.24) is 20.3 Å². The molecular weight excluding hydrogens is 348 g/mol. The van der Waals surface area contributed by atoms with Gasteiger partial charge in [-0.1, -0.05) is 6.07 Å². The number of aromatic nitrogens is 3. The van der Waals surface area contributed by atoms with Crippen LogP contribution >= 0.6 is 0 Å². The molecule has 0 aliphatic heterocycles. The van der Waals surface area contributed by atoms with Crippen LogP contribution in [0.1, 0.15) is 34.9 Å². The molecule has 2 aromatic heterocycles. The van der Waals surface area contributed by atoms with Crippen LogP contribution in [0.3, 0.4) is 0 Å². The van der Waals surface area contributed by atoms with E-state index in [1.54, 1.807) is 24.4 Å². The maximum absolute atomic E-state index is 12.8. The minimum absolute atomic E-state index is 0.107. The van der Waals surface area contributed by atoms with Gasteiger partial charge in [0.15, 0.2) is 0 Å². The van der Waals surface area contributed by atoms with Crippen molar-refractivity contribution >= 4 is 16.9 Å². The van der Waals surface area contributed by atoms with Crippen molar-refractivity contribution in [2.24, 2.45) is 5.92 Å². The first-order valence-electron chi connectivity index (χ1n) is 8.67. The molecule has 8 heteroatoms. The zero-order chi connectivity index (χ0) is 19.0. The van der Waals surface area contributed by atoms with Gasteiger partial charge in [0.2, 0.25) is 0 Å². The molecule has 1 aliphatic carbocycles. The number of pyridine rings is 1. The summed E-state index contributed by atoms with van der Waals surface area (Å²) in [5.41, 5.74) is 0.404. The molecule has 0 saturated heterocycles. The Morgan fingerprint density at radius 1 is 1.11 bits per heavy atom. The minimum atomic E-state index is -0.769. The Labute approximate surface area is 153 Å². The normalized spacial score (nSPS) is 20.0. The summed E-state index contributed by atoms with van der Waals surface area (Å²) in [5.74, 6) is -0.212. The van der Waals surface area contributed by atoms with Crippen molar-refractivity contribution in [3.63, 3.8) is 0 Å². The average Bonchev–Trinajstić information content (AvgIpc) is 2.65. The predicted octanol–water partition coefficient (Wildman–Crippen LogP) is 0.853. The number of aliphatic hydroxyl groups is 1. The average molecular weight is 366 g/mol. The lowest BCUT2D eigenvalue weighted by molar-refractivity contribution is 0.0228. The number of benzene rings is 1. The predicted molar refractivity (Wildman–Crippen MR) is 98.4 cm³/mol. The molecule has 3 aromatic rings. The van der Waals surface area contributed by atoms with Gasteiger partial charge in [0.25, 0.3) is 5.91 Å². The SMILES string of the molecule is O=C(N[C@H](c1ccccn1)C1CC(O)C1)c1ccc2[nH]c(=O)c(=O)[nH]c2c1. The summed E-state index contributed by atoms with van der Waals surface area (Å²) in [6.45, 7) is 0. The summed E-state index contributed by atoms with van der Waals surface area (Å²) < 4.78 is 0. The van der Waals surface area contributed by atoms with Crippen LogP contribution in [-0.4, -0.2) is 32.1 Å². The Hall–Kier alpha value is -3.26. The number of hydrogen-bond donors (Lipinski definition) is 4. The molecule has 138 valence electrons. The number of nitrogens with zero attached hydrogens (tertiary/aromatic N) is 1. The van der Waals surface area contributed by atoms with Gasteiger partial charge in [0.05, 0.1) is 28.9 Å². The lowest BCUT2D eigenvalue weighted by Gasteiger charge is -2.37. The number of aromatic amines is 2. The van der Waals surface area contributed by atoms with Gasteiger partial charge in [0, 0.05) is 11.8 Å². The summed E-state index contributed by atoms with van der Waals surface area (Å²) in [7, 11) is 0. The molecular formula is C19H18N4O4. The van der Waals surface area contributed by atoms with E-state index in [0.29, 0.717) is 29.4 Å². The maximum Gasteiger partial charge on any atom is 0.314 e. The molecule has 8 nitrogen and oxygen atoms in total. The summed E-state index contributed by atoms with van der Waals surface area (Å²) in [6, 6.07) is 9.87. The number of fused-ring (bicyclic) bond motifs is 1. The van der Waals surface area contributed by atoms with E-state index in [4.69, 9.17) is 0 Å². The molecule has 1 amide bonds. The van der Waals surface area contributed by atoms with Crippen LogP contribution in [0.2, 0.25) is 0 Å². The van der Waals surface area contributed by atoms with Crippen LogP contribution in [0.4, 0.5) is 0 Å². The summed E-state index contributed by atoms with van der Waals surface area (Å²) in [4.78, 5) is 45.0. The molecule has 1 saturated carbocycles. The first kappa shape index (κ1) is 17.2. The number of H-pyrrole nitrogens is 2. The fraction of sp³-hybridized carbons (Fsp3) is 0.263. The third-order valence-corrected chi connectivity index (χ3v) is 4.90. The highest BCUT2D eigenvalue weighted by atomic mass is 16.3. The van der Waals surface area contributed by atoms with Crippen molar-refractivity contribution in [3.8, 4) is 0 Å². The number of carbonyl (C=O) groups excluding carboxylic acids is 1. The number of hydrogen-bond acceptors (Lipinski definition) is 5. The Bertz CT molecular complexity index is 1100. The van der Waals surface area contributed by atoms with Crippen LogP contribution in [-0.2, 0) is 0 Å². The second-order valence-electron chi connectivity index (χ2n) is 6.76. The van der Waals surface area contributed by atoms with Crippen LogP contribution in [0.15, 0.2) is 52.2 Å². The minimum Gasteiger partial charge on any atom is -0.393 e. The van der Waals surface area contributed by atoms with Crippen molar-refractivity contribution in [1.29, 1.82) is 0 Å². The molecule has 0 spiro atoms. The summed E-state index contributed by atoms with van der Waals surface area (Å²) in [5, 5.41) is 12.6. The van der Waals surface area contributed by atoms with Gasteiger partial charge in [-0.2, -0.15) is 0 Å². The van der Waals surface area contributed by atoms with Crippen LogP contribution in [0.25, 0.3) is 11.0 Å². The monoisotopic (exact) mass is 366 g/mol. The highest BCUT2D eigenvalue weighted by molar-refractivity contribution is 5.97. The van der Waals surface area contributed by atoms with Crippen molar-refractivity contribution in [3.05, 3.63) is 74.6 Å². The molecule has 0 radical (unpaired) electrons. The molecule has 1 fully saturated rings. The Morgan fingerprint density at radius 3 is 2.52 bits per heavy atom. The molecule has 1 aromatic carbocycles. The van der Waals surface area contributed by atoms with Gasteiger partial charge < -0.3 is 20.4 Å². The third-order valence-electron chi connectivity index (χ3n) is 4.90. The van der Waals surface area contributed by atoms with Crippen LogP contribution < -0.4 is 16.4 Å². The highest BCUT2D eigenvalue weighted by Gasteiger charge is 2.36. The van der Waals surface area contributed by atoms with Gasteiger partial charge in [-0.15, -0.1) is 0 Å². The standard InChI is InChI=1S/C19H18N4O4/c24-12-7-11(8-12)16(14-3-1-2-6-20-14)23-17(25)10-4-5-13-15(9-10)22-19(27)18(26)21-13/h1-6,9,11-12,16,24H,7-8H2,(H,21,26)(H,22,27)(H,23,25)/t11?,12?,16-/m0/s1. The van der Waals surface area contributed by atoms with E-state index in [1.807, 2.05) is 12.1 Å². The van der Waals surface area contributed by atoms with Crippen molar-refractivity contribution in [2.45, 2.75) is 25.0 Å². The first-order chi connectivity index (χ1) is 13.0. The van der Waals surface area contributed by atoms with Gasteiger partial charge in [-0.3, -0.25) is 19.4 Å². The fourth-order valence-electron chi connectivity index (χ4n) is 3.38. The van der Waals surface area contributed by atoms with Gasteiger partial charge in [0.1, 0.15) is 0 Å². The first-order valence-corrected chi connectivity index (χ1v) is 8.67. The van der Waals surface area contributed by atoms with Crippen LogP contribution in [0, 0.1) is 5.92 Å². The second kappa shape index (κ2) is 6.81. The van der Waals surface area contributed by atoms with Crippen molar-refractivity contribution < 1.29 is 9.90 Å². The number of amides is 1. The Morgan fingerprint density at radius 2 is 1.85 bits per heavy atom. The second-order valence-corrected chi connectivity index (χ2v) is 6.76. The number of nitrogens with one attached hydrogen (secondary N) is 3. The molecule has 2 heterocycles. The number of carbonyl (C=O) groups is 1. The van der Waals surface area contributed by atoms with Crippen LogP contribution in [0.5, 0.6) is 0 Å². The van der Waals surface area contributed by atoms with Gasteiger partial charge in [-0.05, 0) is 49.1 Å². The zero-order valence-electron chi connectivity index (χ0n) is 14.3. The molecule has 0 unspecified atom stereocenters. The van der Waals surface area contributed by atoms with E-state index in [9.17, 15) is 19.5 Å². The Balaban J connectivity index is 1.62. The van der Waals surface area contributed by atoms with E-state index >= 15 is 0 Å². The van der Waals surface area contributed by atoms with E-state index in [1.165, 1.54) is 6.07 Å². The topological polar surface area (TPSA) is 128 Å². The van der Waals surface area contributed by atoms with E-state index < -0.39 is 11.1 Å². The van der Waals surface area contributed by atoms with Gasteiger partial charge in [-0.25, -0.2) is 0 Å². The maximum atomic E-state index is 12.8. The van der Waals surface area contributed by atoms with E-state index in [2.05, 4.69) is 20.3 Å². The quantitative estimate of drug-likeness (QED) is 0.509. The summed E-state index contributed by atoms with van der Waals surface area (Å²) >= 11 is 0. The largest absolute Gasteiger partial charge is 0.393 e. The highest BCUT2D eigenvalue weighted by Crippen LogP contribution is 2.37. The molecule has 27 heavy (non-hydrogen) atoms. The molecule has 1 aliphatic rings. The lowest BCUT2D eigenvalue weighted by Crippen LogP contribution is -2.41. The molecule has 4 rings (SSSR count). The van der Waals surface area contributed by atoms with E-state index in [-0.39, 0.29) is 24.0 Å². The Kier molecular flexibility index (Phi) is 4.33. The lowest BCUT2D eigenvalue weighted by atomic mass is 9.76. The third kappa shape index (κ3) is 3.39. The number of aliphatic hydroxyl groups excluding tert-OH is 1. The van der Waals surface area contributed by atoms with E-state index in [0.717, 1.165) is 5.69 Å². The summed E-state index contributed by atoms with van der Waals surface area (Å²) in [6.07, 6.45) is 2.53. The van der Waals surface area contributed by atoms with Crippen molar-refractivity contribution in [2.75, 3.05) is 0 Å². The molecule has 0 bridgehead atoms. The fourth-order valence-corrected chi connectivity index (χ4v) is 3.38.